The average Bonchev–Trinajstić information content (AvgIpc) is 2.59. The molecule has 0 saturated carbocycles. The number of benzene rings is 2. The van der Waals surface area contributed by atoms with E-state index < -0.39 is 23.8 Å². The fourth-order valence-corrected chi connectivity index (χ4v) is 2.09. The summed E-state index contributed by atoms with van der Waals surface area (Å²) in [5, 5.41) is 9.82. The molecule has 0 atom stereocenters. The number of carbonyl (C=O) groups is 2. The lowest BCUT2D eigenvalue weighted by Gasteiger charge is -2.10. The normalized spacial score (nSPS) is 10.3. The molecular formula is C18H16F2O6. The highest BCUT2D eigenvalue weighted by Gasteiger charge is 2.16. The summed E-state index contributed by atoms with van der Waals surface area (Å²) in [5.74, 6) is -2.80. The Balaban J connectivity index is 2.07. The molecule has 0 aliphatic rings. The van der Waals surface area contributed by atoms with E-state index >= 15 is 0 Å². The molecule has 2 aromatic carbocycles. The molecule has 2 rings (SSSR count). The minimum absolute atomic E-state index is 0.0612. The highest BCUT2D eigenvalue weighted by atomic mass is 19.1. The molecule has 2 aromatic rings. The molecule has 0 spiro atoms. The van der Waals surface area contributed by atoms with Crippen molar-refractivity contribution >= 4 is 12.1 Å². The molecule has 6 nitrogen and oxygen atoms in total. The van der Waals surface area contributed by atoms with Crippen LogP contribution in [0.1, 0.15) is 17.3 Å². The monoisotopic (exact) mass is 366 g/mol. The highest BCUT2D eigenvalue weighted by molar-refractivity contribution is 5.94. The largest absolute Gasteiger partial charge is 0.508 e. The van der Waals surface area contributed by atoms with E-state index in [-0.39, 0.29) is 42.3 Å². The molecule has 0 heterocycles. The predicted octanol–water partition coefficient (Wildman–Crippen LogP) is 3.67. The van der Waals surface area contributed by atoms with Crippen molar-refractivity contribution in [1.29, 1.82) is 0 Å². The number of rotatable bonds is 6. The molecule has 8 heteroatoms. The Kier molecular flexibility index (Phi) is 6.48. The molecule has 0 bridgehead atoms. The van der Waals surface area contributed by atoms with Gasteiger partial charge in [-0.25, -0.2) is 18.4 Å². The second kappa shape index (κ2) is 8.80. The number of carbonyl (C=O) groups excluding carboxylic acids is 2. The summed E-state index contributed by atoms with van der Waals surface area (Å²) >= 11 is 0. The lowest BCUT2D eigenvalue weighted by molar-refractivity contribution is 0.0241. The number of aromatic hydroxyl groups is 1. The minimum Gasteiger partial charge on any atom is -0.507 e. The van der Waals surface area contributed by atoms with Crippen LogP contribution in [-0.2, 0) is 14.2 Å². The zero-order valence-corrected chi connectivity index (χ0v) is 13.8. The number of phenols is 1. The molecule has 0 aromatic heterocycles. The van der Waals surface area contributed by atoms with Gasteiger partial charge in [-0.2, -0.15) is 0 Å². The van der Waals surface area contributed by atoms with Gasteiger partial charge in [0.05, 0.1) is 6.61 Å². The molecule has 26 heavy (non-hydrogen) atoms. The second-order valence-electron chi connectivity index (χ2n) is 5.02. The third-order valence-electron chi connectivity index (χ3n) is 3.26. The second-order valence-corrected chi connectivity index (χ2v) is 5.02. The van der Waals surface area contributed by atoms with Crippen LogP contribution in [0.5, 0.6) is 5.75 Å². The molecule has 0 fully saturated rings. The van der Waals surface area contributed by atoms with Crippen molar-refractivity contribution < 1.29 is 37.7 Å². The lowest BCUT2D eigenvalue weighted by Crippen LogP contribution is -2.15. The van der Waals surface area contributed by atoms with Crippen LogP contribution in [0.25, 0.3) is 11.1 Å². The van der Waals surface area contributed by atoms with Gasteiger partial charge in [0.25, 0.3) is 0 Å². The van der Waals surface area contributed by atoms with E-state index in [1.165, 1.54) is 24.3 Å². The number of hydrogen-bond acceptors (Lipinski definition) is 6. The van der Waals surface area contributed by atoms with Crippen LogP contribution in [0.2, 0.25) is 0 Å². The highest BCUT2D eigenvalue weighted by Crippen LogP contribution is 2.28. The summed E-state index contributed by atoms with van der Waals surface area (Å²) in [4.78, 5) is 23.0. The zero-order valence-electron chi connectivity index (χ0n) is 13.8. The summed E-state index contributed by atoms with van der Waals surface area (Å²) < 4.78 is 40.9. The van der Waals surface area contributed by atoms with Crippen molar-refractivity contribution in [3.05, 3.63) is 53.6 Å². The Morgan fingerprint density at radius 3 is 2.42 bits per heavy atom. The maximum atomic E-state index is 13.9. The summed E-state index contributed by atoms with van der Waals surface area (Å²) in [6.07, 6.45) is -0.889. The summed E-state index contributed by atoms with van der Waals surface area (Å²) in [6.45, 7) is 1.28. The van der Waals surface area contributed by atoms with Crippen molar-refractivity contribution in [3.8, 4) is 16.9 Å². The van der Waals surface area contributed by atoms with Gasteiger partial charge < -0.3 is 19.3 Å². The number of phenolic OH excluding ortho intramolecular Hbond substituents is 1. The molecule has 0 aliphatic carbocycles. The van der Waals surface area contributed by atoms with E-state index in [9.17, 15) is 23.5 Å². The Bertz CT molecular complexity index is 806. The topological polar surface area (TPSA) is 82.1 Å². The van der Waals surface area contributed by atoms with Crippen molar-refractivity contribution in [2.24, 2.45) is 0 Å². The first kappa shape index (κ1) is 19.2. The van der Waals surface area contributed by atoms with Crippen LogP contribution in [0.3, 0.4) is 0 Å². The quantitative estimate of drug-likeness (QED) is 0.621. The third kappa shape index (κ3) is 4.92. The number of ether oxygens (including phenoxy) is 3. The van der Waals surface area contributed by atoms with Gasteiger partial charge in [-0.3, -0.25) is 0 Å². The van der Waals surface area contributed by atoms with Crippen molar-refractivity contribution in [2.75, 3.05) is 19.8 Å². The first-order valence-corrected chi connectivity index (χ1v) is 7.67. The molecule has 0 amide bonds. The van der Waals surface area contributed by atoms with Gasteiger partial charge >= 0.3 is 12.1 Å². The maximum absolute atomic E-state index is 13.9. The van der Waals surface area contributed by atoms with Gasteiger partial charge in [-0.15, -0.1) is 0 Å². The Morgan fingerprint density at radius 2 is 1.73 bits per heavy atom. The molecule has 0 unspecified atom stereocenters. The van der Waals surface area contributed by atoms with Gasteiger partial charge in [-0.05, 0) is 36.8 Å². The number of halogens is 2. The van der Waals surface area contributed by atoms with Crippen LogP contribution >= 0.6 is 0 Å². The average molecular weight is 366 g/mol. The SMILES string of the molecule is CCOC(=O)OCCOC(=O)c1cc(-c2ccc(F)cc2F)ccc1O. The van der Waals surface area contributed by atoms with E-state index in [0.29, 0.717) is 6.07 Å². The fraction of sp³-hybridized carbons (Fsp3) is 0.222. The predicted molar refractivity (Wildman–Crippen MR) is 86.7 cm³/mol. The molecule has 138 valence electrons. The Hall–Kier alpha value is -3.16. The lowest BCUT2D eigenvalue weighted by atomic mass is 10.0. The van der Waals surface area contributed by atoms with E-state index in [2.05, 4.69) is 9.47 Å². The van der Waals surface area contributed by atoms with Crippen molar-refractivity contribution in [3.63, 3.8) is 0 Å². The molecule has 0 aliphatic heterocycles. The summed E-state index contributed by atoms with van der Waals surface area (Å²) in [6, 6.07) is 6.82. The van der Waals surface area contributed by atoms with E-state index in [4.69, 9.17) is 4.74 Å². The summed E-state index contributed by atoms with van der Waals surface area (Å²) in [5.41, 5.74) is 0.114. The number of hydrogen-bond donors (Lipinski definition) is 1. The third-order valence-corrected chi connectivity index (χ3v) is 3.26. The smallest absolute Gasteiger partial charge is 0.507 e. The van der Waals surface area contributed by atoms with Crippen LogP contribution < -0.4 is 0 Å². The first-order valence-electron chi connectivity index (χ1n) is 7.67. The van der Waals surface area contributed by atoms with Crippen LogP contribution in [0.15, 0.2) is 36.4 Å². The molecule has 0 saturated heterocycles. The van der Waals surface area contributed by atoms with Gasteiger partial charge in [0.2, 0.25) is 0 Å². The Labute approximate surface area is 147 Å². The molecule has 0 radical (unpaired) electrons. The van der Waals surface area contributed by atoms with Gasteiger partial charge in [0, 0.05) is 11.6 Å². The van der Waals surface area contributed by atoms with Gasteiger partial charge in [0.15, 0.2) is 0 Å². The van der Waals surface area contributed by atoms with Crippen LogP contribution in [0, 0.1) is 11.6 Å². The van der Waals surface area contributed by atoms with Crippen LogP contribution in [0.4, 0.5) is 13.6 Å². The minimum atomic E-state index is -0.890. The van der Waals surface area contributed by atoms with Crippen molar-refractivity contribution in [2.45, 2.75) is 6.92 Å². The van der Waals surface area contributed by atoms with Crippen molar-refractivity contribution in [1.82, 2.24) is 0 Å². The van der Waals surface area contributed by atoms with Gasteiger partial charge in [0.1, 0.15) is 36.2 Å². The van der Waals surface area contributed by atoms with E-state index in [1.54, 1.807) is 6.92 Å². The number of esters is 1. The van der Waals surface area contributed by atoms with Crippen LogP contribution in [-0.4, -0.2) is 37.1 Å². The summed E-state index contributed by atoms with van der Waals surface area (Å²) in [7, 11) is 0. The van der Waals surface area contributed by atoms with Gasteiger partial charge in [-0.1, -0.05) is 6.07 Å². The molecule has 1 N–H and O–H groups in total. The standard InChI is InChI=1S/C18H16F2O6/c1-2-24-18(23)26-8-7-25-17(22)14-9-11(3-6-16(14)21)13-5-4-12(19)10-15(13)20/h3-6,9-10,21H,2,7-8H2,1H3. The Morgan fingerprint density at radius 1 is 1.00 bits per heavy atom. The van der Waals surface area contributed by atoms with E-state index in [1.807, 2.05) is 0 Å². The molecular weight excluding hydrogens is 350 g/mol. The zero-order chi connectivity index (χ0) is 19.1. The van der Waals surface area contributed by atoms with E-state index in [0.717, 1.165) is 6.07 Å². The first-order chi connectivity index (χ1) is 12.4. The fourth-order valence-electron chi connectivity index (χ4n) is 2.09. The maximum Gasteiger partial charge on any atom is 0.508 e.